The Morgan fingerprint density at radius 1 is 1.43 bits per heavy atom. The van der Waals surface area contributed by atoms with E-state index in [0.717, 1.165) is 12.8 Å². The summed E-state index contributed by atoms with van der Waals surface area (Å²) in [4.78, 5) is 22.9. The molecule has 9 heteroatoms. The first-order valence-electron chi connectivity index (χ1n) is 6.57. The molecule has 4 atom stereocenters. The zero-order chi connectivity index (χ0) is 14.9. The van der Waals surface area contributed by atoms with Gasteiger partial charge in [0, 0.05) is 6.42 Å². The second kappa shape index (κ2) is 7.41. The van der Waals surface area contributed by atoms with E-state index in [0.29, 0.717) is 18.8 Å². The van der Waals surface area contributed by atoms with Gasteiger partial charge in [0.15, 0.2) is 0 Å². The van der Waals surface area contributed by atoms with E-state index in [1.54, 1.807) is 0 Å². The van der Waals surface area contributed by atoms with Crippen LogP contribution in [0.1, 0.15) is 32.6 Å². The molecule has 0 spiro atoms. The van der Waals surface area contributed by atoms with Crippen LogP contribution in [0.25, 0.3) is 0 Å². The molecule has 2 aliphatic rings. The van der Waals surface area contributed by atoms with Gasteiger partial charge in [-0.3, -0.25) is 9.59 Å². The van der Waals surface area contributed by atoms with Gasteiger partial charge >= 0.3 is 41.5 Å². The van der Waals surface area contributed by atoms with Gasteiger partial charge in [-0.1, -0.05) is 6.92 Å². The van der Waals surface area contributed by atoms with Gasteiger partial charge in [0.05, 0.1) is 0 Å². The minimum Gasteiger partial charge on any atom is -0.748 e. The third-order valence-electron chi connectivity index (χ3n) is 3.80. The molecule has 21 heavy (non-hydrogen) atoms. The van der Waals surface area contributed by atoms with Crippen molar-refractivity contribution in [2.45, 2.75) is 44.8 Å². The van der Waals surface area contributed by atoms with E-state index in [1.165, 1.54) is 0 Å². The normalized spacial score (nSPS) is 32.4. The Bertz CT molecular complexity index is 504. The van der Waals surface area contributed by atoms with Crippen molar-refractivity contribution >= 4 is 22.1 Å². The molecule has 1 saturated carbocycles. The van der Waals surface area contributed by atoms with E-state index in [2.05, 4.69) is 0 Å². The van der Waals surface area contributed by atoms with Crippen molar-refractivity contribution in [3.63, 3.8) is 0 Å². The maximum Gasteiger partial charge on any atom is 1.00 e. The predicted molar refractivity (Wildman–Crippen MR) is 65.4 cm³/mol. The van der Waals surface area contributed by atoms with E-state index in [1.807, 2.05) is 6.92 Å². The van der Waals surface area contributed by atoms with Crippen molar-refractivity contribution in [3.05, 3.63) is 0 Å². The quantitative estimate of drug-likeness (QED) is 0.313. The van der Waals surface area contributed by atoms with Crippen LogP contribution in [0.5, 0.6) is 0 Å². The SMILES string of the molecule is CC1CC2CCC(=O)OC(C2)C1OC(=O)CS(=O)(=O)[O-].[Na+]. The summed E-state index contributed by atoms with van der Waals surface area (Å²) in [7, 11) is -4.66. The van der Waals surface area contributed by atoms with Crippen LogP contribution in [0, 0.1) is 11.8 Å². The molecule has 4 unspecified atom stereocenters. The molecule has 1 aliphatic heterocycles. The topological polar surface area (TPSA) is 110 Å². The van der Waals surface area contributed by atoms with Crippen molar-refractivity contribution < 1.29 is 61.6 Å². The molecule has 114 valence electrons. The molecule has 2 rings (SSSR count). The van der Waals surface area contributed by atoms with Crippen molar-refractivity contribution in [3.8, 4) is 0 Å². The number of ether oxygens (including phenoxy) is 2. The van der Waals surface area contributed by atoms with Gasteiger partial charge in [-0.25, -0.2) is 8.42 Å². The molecule has 0 amide bonds. The van der Waals surface area contributed by atoms with Crippen LogP contribution in [0.15, 0.2) is 0 Å². The number of hydrogen-bond acceptors (Lipinski definition) is 7. The number of hydrogen-bond donors (Lipinski definition) is 0. The second-order valence-corrected chi connectivity index (χ2v) is 6.94. The van der Waals surface area contributed by atoms with E-state index < -0.39 is 34.0 Å². The first-order chi connectivity index (χ1) is 9.24. The number of carbonyl (C=O) groups is 2. The summed E-state index contributed by atoms with van der Waals surface area (Å²) in [6.07, 6.45) is 1.28. The number of esters is 2. The van der Waals surface area contributed by atoms with Gasteiger partial charge < -0.3 is 14.0 Å². The molecule has 0 radical (unpaired) electrons. The maximum absolute atomic E-state index is 11.5. The summed E-state index contributed by atoms with van der Waals surface area (Å²) >= 11 is 0. The fourth-order valence-electron chi connectivity index (χ4n) is 3.01. The molecular weight excluding hydrogens is 311 g/mol. The smallest absolute Gasteiger partial charge is 0.748 e. The average molecular weight is 328 g/mol. The summed E-state index contributed by atoms with van der Waals surface area (Å²) in [6.45, 7) is 1.86. The van der Waals surface area contributed by atoms with Crippen LogP contribution in [0.2, 0.25) is 0 Å². The van der Waals surface area contributed by atoms with Gasteiger partial charge in [0.25, 0.3) is 0 Å². The molecule has 0 aromatic carbocycles. The first-order valence-corrected chi connectivity index (χ1v) is 8.15. The maximum atomic E-state index is 11.5. The van der Waals surface area contributed by atoms with E-state index in [4.69, 9.17) is 9.47 Å². The summed E-state index contributed by atoms with van der Waals surface area (Å²) < 4.78 is 42.0. The van der Waals surface area contributed by atoms with Crippen LogP contribution in [-0.4, -0.2) is 42.9 Å². The third kappa shape index (κ3) is 5.52. The molecule has 0 aromatic heterocycles. The zero-order valence-electron chi connectivity index (χ0n) is 12.1. The summed E-state index contributed by atoms with van der Waals surface area (Å²) in [5, 5.41) is 0. The number of carbonyl (C=O) groups excluding carboxylic acids is 2. The fraction of sp³-hybridized carbons (Fsp3) is 0.833. The van der Waals surface area contributed by atoms with Crippen molar-refractivity contribution in [2.24, 2.45) is 11.8 Å². The molecular formula is C12H17NaO7S. The standard InChI is InChI=1S/C12H18O7S.Na/c1-7-4-8-2-3-10(13)18-9(5-8)12(7)19-11(14)6-20(15,16)17;/h7-9,12H,2-6H2,1H3,(H,15,16,17);/q;+1/p-1. The van der Waals surface area contributed by atoms with Gasteiger partial charge in [-0.05, 0) is 31.1 Å². The molecule has 0 N–H and O–H groups in total. The van der Waals surface area contributed by atoms with Crippen molar-refractivity contribution in [1.29, 1.82) is 0 Å². The largest absolute Gasteiger partial charge is 1.00 e. The van der Waals surface area contributed by atoms with Gasteiger partial charge in [0.2, 0.25) is 0 Å². The fourth-order valence-corrected chi connectivity index (χ4v) is 3.36. The summed E-state index contributed by atoms with van der Waals surface area (Å²) in [5.74, 6) is -2.30. The Morgan fingerprint density at radius 2 is 2.10 bits per heavy atom. The minimum absolute atomic E-state index is 0. The van der Waals surface area contributed by atoms with Crippen molar-refractivity contribution in [2.75, 3.05) is 5.75 Å². The van der Waals surface area contributed by atoms with Gasteiger partial charge in [-0.15, -0.1) is 0 Å². The Balaban J connectivity index is 0.00000220. The Labute approximate surface area is 145 Å². The Morgan fingerprint density at radius 3 is 2.71 bits per heavy atom. The number of rotatable bonds is 3. The van der Waals surface area contributed by atoms with Crippen LogP contribution in [-0.2, 0) is 29.2 Å². The first kappa shape index (κ1) is 18.9. The minimum atomic E-state index is -4.66. The molecule has 0 aromatic rings. The van der Waals surface area contributed by atoms with Gasteiger partial charge in [0.1, 0.15) is 28.1 Å². The van der Waals surface area contributed by atoms with E-state index in [9.17, 15) is 22.6 Å². The molecule has 2 fully saturated rings. The second-order valence-electron chi connectivity index (χ2n) is 5.54. The molecule has 2 bridgehead atoms. The van der Waals surface area contributed by atoms with Crippen molar-refractivity contribution in [1.82, 2.24) is 0 Å². The Kier molecular flexibility index (Phi) is 6.67. The third-order valence-corrected chi connectivity index (χ3v) is 4.39. The van der Waals surface area contributed by atoms with Crippen LogP contribution >= 0.6 is 0 Å². The average Bonchev–Trinajstić information content (AvgIpc) is 2.42. The molecule has 1 aliphatic carbocycles. The Hall–Kier alpha value is -0.150. The molecule has 1 heterocycles. The van der Waals surface area contributed by atoms with E-state index in [-0.39, 0.29) is 41.4 Å². The number of fused-ring (bicyclic) bond motifs is 2. The molecule has 7 nitrogen and oxygen atoms in total. The van der Waals surface area contributed by atoms with Crippen LogP contribution in [0.3, 0.4) is 0 Å². The summed E-state index contributed by atoms with van der Waals surface area (Å²) in [6, 6.07) is 0. The predicted octanol–water partition coefficient (Wildman–Crippen LogP) is -2.80. The van der Waals surface area contributed by atoms with Gasteiger partial charge in [-0.2, -0.15) is 0 Å². The van der Waals surface area contributed by atoms with Crippen LogP contribution < -0.4 is 29.6 Å². The van der Waals surface area contributed by atoms with E-state index >= 15 is 0 Å². The molecule has 1 saturated heterocycles. The van der Waals surface area contributed by atoms with Crippen LogP contribution in [0.4, 0.5) is 0 Å². The monoisotopic (exact) mass is 328 g/mol. The summed E-state index contributed by atoms with van der Waals surface area (Å²) in [5.41, 5.74) is 0. The zero-order valence-corrected chi connectivity index (χ0v) is 14.9.